The maximum Gasteiger partial charge on any atom is 0.278 e. The largest absolute Gasteiger partial charge is 0.396 e. The lowest BCUT2D eigenvalue weighted by molar-refractivity contribution is 0.0998. The van der Waals surface area contributed by atoms with Gasteiger partial charge in [0, 0.05) is 18.1 Å². The molecule has 1 aromatic rings. The van der Waals surface area contributed by atoms with E-state index in [0.717, 1.165) is 12.0 Å². The van der Waals surface area contributed by atoms with Gasteiger partial charge >= 0.3 is 0 Å². The van der Waals surface area contributed by atoms with Gasteiger partial charge in [0.05, 0.1) is 18.4 Å². The van der Waals surface area contributed by atoms with E-state index >= 15 is 0 Å². The molecule has 4 rings (SSSR count). The number of aromatic amines is 1. The van der Waals surface area contributed by atoms with E-state index in [-0.39, 0.29) is 41.3 Å². The van der Waals surface area contributed by atoms with Crippen LogP contribution in [0.4, 0.5) is 11.6 Å². The lowest BCUT2D eigenvalue weighted by atomic mass is 9.85. The third-order valence-corrected chi connectivity index (χ3v) is 5.81. The van der Waals surface area contributed by atoms with Crippen molar-refractivity contribution < 1.29 is 10.2 Å². The van der Waals surface area contributed by atoms with Crippen LogP contribution in [-0.2, 0) is 0 Å². The van der Waals surface area contributed by atoms with Crippen LogP contribution in [0.2, 0.25) is 0 Å². The van der Waals surface area contributed by atoms with E-state index in [0.29, 0.717) is 24.2 Å². The molecule has 23 heavy (non-hydrogen) atoms. The molecule has 0 aromatic carbocycles. The first-order valence-corrected chi connectivity index (χ1v) is 7.88. The van der Waals surface area contributed by atoms with Gasteiger partial charge in [0.1, 0.15) is 5.69 Å². The maximum absolute atomic E-state index is 12.0. The third kappa shape index (κ3) is 1.93. The number of nitrogens with zero attached hydrogens (tertiary/aromatic N) is 2. The van der Waals surface area contributed by atoms with Crippen LogP contribution in [0.5, 0.6) is 0 Å². The average molecular weight is 316 g/mol. The van der Waals surface area contributed by atoms with E-state index in [2.05, 4.69) is 21.5 Å². The van der Waals surface area contributed by atoms with Crippen molar-refractivity contribution >= 4 is 17.9 Å². The Balaban J connectivity index is 1.70. The molecule has 1 spiro atoms. The highest BCUT2D eigenvalue weighted by molar-refractivity contribution is 5.69. The molecule has 2 aliphatic carbocycles. The summed E-state index contributed by atoms with van der Waals surface area (Å²) in [5, 5.41) is 19.7. The van der Waals surface area contributed by atoms with Gasteiger partial charge in [0.25, 0.3) is 5.56 Å². The molecule has 7 heteroatoms. The Morgan fingerprint density at radius 2 is 2.26 bits per heavy atom. The second-order valence-electron chi connectivity index (χ2n) is 6.89. The van der Waals surface area contributed by atoms with Crippen LogP contribution in [0, 0.1) is 17.3 Å². The monoisotopic (exact) mass is 316 g/mol. The smallest absolute Gasteiger partial charge is 0.278 e. The zero-order valence-electron chi connectivity index (χ0n) is 12.7. The number of anilines is 1. The number of aliphatic imine (C=N–C) groups is 1. The topological polar surface area (TPSA) is 125 Å². The van der Waals surface area contributed by atoms with Crippen LogP contribution in [0.15, 0.2) is 21.9 Å². The van der Waals surface area contributed by atoms with E-state index in [1.165, 1.54) is 0 Å². The van der Waals surface area contributed by atoms with Crippen molar-refractivity contribution in [3.05, 3.63) is 28.2 Å². The van der Waals surface area contributed by atoms with E-state index in [1.54, 1.807) is 6.21 Å². The predicted octanol–water partition coefficient (Wildman–Crippen LogP) is 0.477. The lowest BCUT2D eigenvalue weighted by Crippen LogP contribution is -2.21. The van der Waals surface area contributed by atoms with Gasteiger partial charge in [-0.1, -0.05) is 12.2 Å². The van der Waals surface area contributed by atoms with Crippen LogP contribution in [0.3, 0.4) is 0 Å². The minimum atomic E-state index is -0.550. The highest BCUT2D eigenvalue weighted by atomic mass is 16.3. The SMILES string of the molecule is C=C1[C@H](CO)[C@@H](O)C[C@]12CC2C1CC=Nc2c1nc(N)[nH]c2=O. The highest BCUT2D eigenvalue weighted by Gasteiger charge is 2.65. The second-order valence-corrected chi connectivity index (χ2v) is 6.89. The molecular formula is C16H20N4O3. The normalized spacial score (nSPS) is 38.1. The summed E-state index contributed by atoms with van der Waals surface area (Å²) in [7, 11) is 0. The Bertz CT molecular complexity index is 771. The molecular weight excluding hydrogens is 296 g/mol. The van der Waals surface area contributed by atoms with Crippen molar-refractivity contribution in [2.75, 3.05) is 12.3 Å². The van der Waals surface area contributed by atoms with Crippen molar-refractivity contribution in [2.24, 2.45) is 22.2 Å². The fourth-order valence-electron chi connectivity index (χ4n) is 4.55. The number of aromatic nitrogens is 2. The molecule has 7 nitrogen and oxygen atoms in total. The fourth-order valence-corrected chi connectivity index (χ4v) is 4.55. The predicted molar refractivity (Wildman–Crippen MR) is 85.7 cm³/mol. The molecule has 0 radical (unpaired) electrons. The van der Waals surface area contributed by atoms with Crippen LogP contribution in [0.1, 0.15) is 30.9 Å². The van der Waals surface area contributed by atoms with Gasteiger partial charge in [-0.2, -0.15) is 0 Å². The van der Waals surface area contributed by atoms with Gasteiger partial charge in [-0.3, -0.25) is 14.8 Å². The molecule has 5 N–H and O–H groups in total. The van der Waals surface area contributed by atoms with Crippen molar-refractivity contribution in [2.45, 2.75) is 31.3 Å². The molecule has 122 valence electrons. The molecule has 2 saturated carbocycles. The minimum Gasteiger partial charge on any atom is -0.396 e. The number of rotatable bonds is 2. The molecule has 0 amide bonds. The number of nitrogens with one attached hydrogen (secondary N) is 1. The number of hydrogen-bond acceptors (Lipinski definition) is 6. The highest BCUT2D eigenvalue weighted by Crippen LogP contribution is 2.71. The van der Waals surface area contributed by atoms with E-state index < -0.39 is 6.10 Å². The summed E-state index contributed by atoms with van der Waals surface area (Å²) < 4.78 is 0. The fraction of sp³-hybridized carbons (Fsp3) is 0.562. The minimum absolute atomic E-state index is 0.0495. The summed E-state index contributed by atoms with van der Waals surface area (Å²) in [6.45, 7) is 4.06. The van der Waals surface area contributed by atoms with Crippen molar-refractivity contribution in [3.63, 3.8) is 0 Å². The van der Waals surface area contributed by atoms with E-state index in [1.807, 2.05) is 0 Å². The number of aliphatic hydroxyl groups is 2. The molecule has 2 fully saturated rings. The Hall–Kier alpha value is -1.99. The number of nitrogens with two attached hydrogens (primary N) is 1. The molecule has 5 atom stereocenters. The first-order chi connectivity index (χ1) is 11.0. The molecule has 0 saturated heterocycles. The quantitative estimate of drug-likeness (QED) is 0.591. The number of hydrogen-bond donors (Lipinski definition) is 4. The molecule has 1 aliphatic heterocycles. The maximum atomic E-state index is 12.0. The van der Waals surface area contributed by atoms with Crippen LogP contribution >= 0.6 is 0 Å². The van der Waals surface area contributed by atoms with Gasteiger partial charge < -0.3 is 15.9 Å². The van der Waals surface area contributed by atoms with Crippen LogP contribution < -0.4 is 11.3 Å². The second kappa shape index (κ2) is 4.75. The summed E-state index contributed by atoms with van der Waals surface area (Å²) >= 11 is 0. The van der Waals surface area contributed by atoms with Crippen LogP contribution in [-0.4, -0.2) is 39.1 Å². The summed E-state index contributed by atoms with van der Waals surface area (Å²) in [6.07, 6.45) is 3.41. The lowest BCUT2D eigenvalue weighted by Gasteiger charge is -2.23. The first-order valence-electron chi connectivity index (χ1n) is 7.88. The van der Waals surface area contributed by atoms with Crippen molar-refractivity contribution in [3.8, 4) is 0 Å². The molecule has 3 aliphatic rings. The standard InChI is InChI=1S/C16H20N4O3/c1-7-9(6-21)11(22)5-16(7)4-10(16)8-2-3-18-13-12(8)19-15(17)20-14(13)23/h3,8-11,21-22H,1-2,4-6H2,(H3,17,19,20,23)/t8?,9-,10?,11-,16+/m0/s1. The van der Waals surface area contributed by atoms with Crippen molar-refractivity contribution in [1.82, 2.24) is 9.97 Å². The van der Waals surface area contributed by atoms with Gasteiger partial charge in [-0.15, -0.1) is 0 Å². The third-order valence-electron chi connectivity index (χ3n) is 5.81. The van der Waals surface area contributed by atoms with Gasteiger partial charge in [-0.25, -0.2) is 4.98 Å². The molecule has 1 aromatic heterocycles. The van der Waals surface area contributed by atoms with E-state index in [4.69, 9.17) is 5.73 Å². The summed E-state index contributed by atoms with van der Waals surface area (Å²) in [5.74, 6) is 0.145. The average Bonchev–Trinajstić information content (AvgIpc) is 3.16. The Kier molecular flexibility index (Phi) is 3.01. The summed E-state index contributed by atoms with van der Waals surface area (Å²) in [6, 6.07) is 0. The van der Waals surface area contributed by atoms with E-state index in [9.17, 15) is 15.0 Å². The Morgan fingerprint density at radius 1 is 1.48 bits per heavy atom. The van der Waals surface area contributed by atoms with Gasteiger partial charge in [0.15, 0.2) is 0 Å². The van der Waals surface area contributed by atoms with Gasteiger partial charge in [-0.05, 0) is 30.6 Å². The van der Waals surface area contributed by atoms with Crippen molar-refractivity contribution in [1.29, 1.82) is 0 Å². The Morgan fingerprint density at radius 3 is 2.96 bits per heavy atom. The summed E-state index contributed by atoms with van der Waals surface area (Å²) in [4.78, 5) is 23.0. The number of aliphatic hydroxyl groups excluding tert-OH is 2. The summed E-state index contributed by atoms with van der Waals surface area (Å²) in [5.41, 5.74) is 7.13. The van der Waals surface area contributed by atoms with Crippen LogP contribution in [0.25, 0.3) is 0 Å². The van der Waals surface area contributed by atoms with Gasteiger partial charge in [0.2, 0.25) is 5.95 Å². The number of fused-ring (bicyclic) bond motifs is 1. The molecule has 0 bridgehead atoms. The number of H-pyrrole nitrogens is 1. The first kappa shape index (κ1) is 14.6. The molecule has 2 heterocycles. The number of nitrogen functional groups attached to an aromatic ring is 1. The zero-order valence-corrected chi connectivity index (χ0v) is 12.7. The molecule has 2 unspecified atom stereocenters. The Labute approximate surface area is 133 Å². The zero-order chi connectivity index (χ0) is 16.4.